The summed E-state index contributed by atoms with van der Waals surface area (Å²) >= 11 is 5.18. The molecule has 1 unspecified atom stereocenters. The fraction of sp³-hybridized carbons (Fsp3) is 0.286. The molecule has 6 nitrogen and oxygen atoms in total. The van der Waals surface area contributed by atoms with Crippen molar-refractivity contribution in [3.8, 4) is 5.75 Å². The molecule has 0 heterocycles. The van der Waals surface area contributed by atoms with Gasteiger partial charge >= 0.3 is 5.97 Å². The third-order valence-corrected chi connectivity index (χ3v) is 4.11. The van der Waals surface area contributed by atoms with Gasteiger partial charge in [0.15, 0.2) is 5.11 Å². The van der Waals surface area contributed by atoms with Gasteiger partial charge in [0.2, 0.25) is 0 Å². The third-order valence-electron chi connectivity index (χ3n) is 3.91. The molecule has 7 heteroatoms. The van der Waals surface area contributed by atoms with Crippen LogP contribution in [-0.2, 0) is 4.74 Å². The van der Waals surface area contributed by atoms with Crippen LogP contribution < -0.4 is 15.4 Å². The van der Waals surface area contributed by atoms with Gasteiger partial charge in [-0.2, -0.15) is 0 Å². The summed E-state index contributed by atoms with van der Waals surface area (Å²) in [6, 6.07) is 13.5. The Labute approximate surface area is 170 Å². The first-order valence-electron chi connectivity index (χ1n) is 9.09. The van der Waals surface area contributed by atoms with Gasteiger partial charge in [-0.25, -0.2) is 4.79 Å². The van der Waals surface area contributed by atoms with Gasteiger partial charge in [-0.3, -0.25) is 10.1 Å². The normalized spacial score (nSPS) is 11.2. The van der Waals surface area contributed by atoms with Crippen molar-refractivity contribution in [3.05, 3.63) is 59.7 Å². The molecule has 148 valence electrons. The van der Waals surface area contributed by atoms with E-state index in [-0.39, 0.29) is 23.1 Å². The van der Waals surface area contributed by atoms with Crippen LogP contribution in [0.3, 0.4) is 0 Å². The summed E-state index contributed by atoms with van der Waals surface area (Å²) in [5.41, 5.74) is 1.57. The molecule has 1 amide bonds. The number of hydrogen-bond donors (Lipinski definition) is 2. The summed E-state index contributed by atoms with van der Waals surface area (Å²) in [6.07, 6.45) is 1.02. The lowest BCUT2D eigenvalue weighted by molar-refractivity contribution is 0.0526. The van der Waals surface area contributed by atoms with Gasteiger partial charge in [0.05, 0.1) is 18.3 Å². The molecule has 28 heavy (non-hydrogen) atoms. The predicted molar refractivity (Wildman–Crippen MR) is 113 cm³/mol. The lowest BCUT2D eigenvalue weighted by Crippen LogP contribution is -2.34. The minimum absolute atomic E-state index is 0.117. The molecule has 0 spiro atoms. The van der Waals surface area contributed by atoms with E-state index in [9.17, 15) is 9.59 Å². The summed E-state index contributed by atoms with van der Waals surface area (Å²) in [5.74, 6) is 0.00899. The summed E-state index contributed by atoms with van der Waals surface area (Å²) in [7, 11) is 0. The SMILES string of the molecule is CCOC(=O)c1ccc(NC(=S)NC(=O)c2ccc(OC(C)CC)cc2)cc1. The van der Waals surface area contributed by atoms with Gasteiger partial charge in [-0.1, -0.05) is 6.92 Å². The lowest BCUT2D eigenvalue weighted by atomic mass is 10.2. The van der Waals surface area contributed by atoms with Crippen molar-refractivity contribution in [2.24, 2.45) is 0 Å². The van der Waals surface area contributed by atoms with Crippen molar-refractivity contribution in [2.75, 3.05) is 11.9 Å². The molecule has 0 aliphatic rings. The summed E-state index contributed by atoms with van der Waals surface area (Å²) in [4.78, 5) is 24.0. The standard InChI is InChI=1S/C21H24N2O4S/c1-4-14(3)27-18-12-8-15(9-13-18)19(24)23-21(28)22-17-10-6-16(7-11-17)20(25)26-5-2/h6-14H,4-5H2,1-3H3,(H2,22,23,24,28). The van der Waals surface area contributed by atoms with Crippen LogP contribution >= 0.6 is 12.2 Å². The number of amides is 1. The average Bonchev–Trinajstić information content (AvgIpc) is 2.69. The second-order valence-corrected chi connectivity index (χ2v) is 6.48. The first-order chi connectivity index (χ1) is 13.4. The maximum atomic E-state index is 12.3. The molecule has 0 fully saturated rings. The van der Waals surface area contributed by atoms with Crippen LogP contribution in [0.4, 0.5) is 5.69 Å². The molecular weight excluding hydrogens is 376 g/mol. The lowest BCUT2D eigenvalue weighted by Gasteiger charge is -2.13. The number of esters is 1. The van der Waals surface area contributed by atoms with Crippen LogP contribution in [0.2, 0.25) is 0 Å². The maximum absolute atomic E-state index is 12.3. The van der Waals surface area contributed by atoms with E-state index in [1.54, 1.807) is 55.5 Å². The number of carbonyl (C=O) groups excluding carboxylic acids is 2. The van der Waals surface area contributed by atoms with Crippen molar-refractivity contribution < 1.29 is 19.1 Å². The molecule has 1 atom stereocenters. The Morgan fingerprint density at radius 1 is 1.00 bits per heavy atom. The number of ether oxygens (including phenoxy) is 2. The quantitative estimate of drug-likeness (QED) is 0.537. The third kappa shape index (κ3) is 6.35. The highest BCUT2D eigenvalue weighted by molar-refractivity contribution is 7.80. The van der Waals surface area contributed by atoms with E-state index in [2.05, 4.69) is 10.6 Å². The molecule has 0 aromatic heterocycles. The maximum Gasteiger partial charge on any atom is 0.338 e. The molecule has 0 saturated heterocycles. The van der Waals surface area contributed by atoms with E-state index in [0.717, 1.165) is 6.42 Å². The number of hydrogen-bond acceptors (Lipinski definition) is 5. The van der Waals surface area contributed by atoms with E-state index in [4.69, 9.17) is 21.7 Å². The first-order valence-corrected chi connectivity index (χ1v) is 9.50. The zero-order valence-corrected chi connectivity index (χ0v) is 17.0. The van der Waals surface area contributed by atoms with Crippen molar-refractivity contribution in [2.45, 2.75) is 33.3 Å². The van der Waals surface area contributed by atoms with E-state index in [1.165, 1.54) is 0 Å². The van der Waals surface area contributed by atoms with Crippen molar-refractivity contribution >= 4 is 34.9 Å². The fourth-order valence-electron chi connectivity index (χ4n) is 2.24. The van der Waals surface area contributed by atoms with Gasteiger partial charge in [0, 0.05) is 11.3 Å². The summed E-state index contributed by atoms with van der Waals surface area (Å²) in [5, 5.41) is 5.69. The van der Waals surface area contributed by atoms with Crippen LogP contribution in [0.15, 0.2) is 48.5 Å². The first kappa shape index (κ1) is 21.4. The van der Waals surface area contributed by atoms with Crippen LogP contribution in [0.1, 0.15) is 47.9 Å². The van der Waals surface area contributed by atoms with E-state index in [0.29, 0.717) is 29.2 Å². The molecule has 0 bridgehead atoms. The Hall–Kier alpha value is -2.93. The minimum Gasteiger partial charge on any atom is -0.491 e. The topological polar surface area (TPSA) is 76.7 Å². The largest absolute Gasteiger partial charge is 0.491 e. The molecule has 2 aromatic carbocycles. The minimum atomic E-state index is -0.384. The van der Waals surface area contributed by atoms with Gasteiger partial charge in [-0.15, -0.1) is 0 Å². The van der Waals surface area contributed by atoms with Crippen molar-refractivity contribution in [3.63, 3.8) is 0 Å². The number of nitrogens with one attached hydrogen (secondary N) is 2. The summed E-state index contributed by atoms with van der Waals surface area (Å²) in [6.45, 7) is 6.11. The van der Waals surface area contributed by atoms with Gasteiger partial charge in [-0.05, 0) is 81.0 Å². The molecular formula is C21H24N2O4S. The molecule has 2 aromatic rings. The van der Waals surface area contributed by atoms with Gasteiger partial charge in [0.25, 0.3) is 5.91 Å². The molecule has 0 aliphatic carbocycles. The van der Waals surface area contributed by atoms with Crippen LogP contribution in [0.25, 0.3) is 0 Å². The van der Waals surface area contributed by atoms with Gasteiger partial charge in [0.1, 0.15) is 5.75 Å². The Kier molecular flexibility index (Phi) is 7.95. The number of benzene rings is 2. The molecule has 0 radical (unpaired) electrons. The Bertz CT molecular complexity index is 819. The summed E-state index contributed by atoms with van der Waals surface area (Å²) < 4.78 is 10.6. The monoisotopic (exact) mass is 400 g/mol. The highest BCUT2D eigenvalue weighted by Gasteiger charge is 2.10. The zero-order valence-electron chi connectivity index (χ0n) is 16.2. The van der Waals surface area contributed by atoms with Crippen molar-refractivity contribution in [1.82, 2.24) is 5.32 Å². The van der Waals surface area contributed by atoms with Crippen LogP contribution in [0, 0.1) is 0 Å². The predicted octanol–water partition coefficient (Wildman–Crippen LogP) is 4.17. The van der Waals surface area contributed by atoms with Gasteiger partial charge < -0.3 is 14.8 Å². The van der Waals surface area contributed by atoms with Crippen LogP contribution in [-0.4, -0.2) is 29.7 Å². The van der Waals surface area contributed by atoms with E-state index >= 15 is 0 Å². The van der Waals surface area contributed by atoms with Crippen LogP contribution in [0.5, 0.6) is 5.75 Å². The number of carbonyl (C=O) groups is 2. The number of anilines is 1. The van der Waals surface area contributed by atoms with E-state index in [1.807, 2.05) is 13.8 Å². The van der Waals surface area contributed by atoms with E-state index < -0.39 is 0 Å². The molecule has 2 rings (SSSR count). The highest BCUT2D eigenvalue weighted by atomic mass is 32.1. The fourth-order valence-corrected chi connectivity index (χ4v) is 2.45. The average molecular weight is 401 g/mol. The second-order valence-electron chi connectivity index (χ2n) is 6.07. The zero-order chi connectivity index (χ0) is 20.5. The second kappa shape index (κ2) is 10.4. The smallest absolute Gasteiger partial charge is 0.338 e. The number of thiocarbonyl (C=S) groups is 1. The Balaban J connectivity index is 1.90. The Morgan fingerprint density at radius 3 is 2.18 bits per heavy atom. The molecule has 0 aliphatic heterocycles. The number of rotatable bonds is 7. The Morgan fingerprint density at radius 2 is 1.61 bits per heavy atom. The molecule has 0 saturated carbocycles. The highest BCUT2D eigenvalue weighted by Crippen LogP contribution is 2.15. The molecule has 2 N–H and O–H groups in total. The van der Waals surface area contributed by atoms with Crippen molar-refractivity contribution in [1.29, 1.82) is 0 Å².